The Kier molecular flexibility index (Phi) is 4.50. The minimum Gasteiger partial charge on any atom is -0.487 e. The number of carboxylic acid groups (broad SMARTS) is 1. The van der Waals surface area contributed by atoms with Gasteiger partial charge in [0.2, 0.25) is 0 Å². The highest BCUT2D eigenvalue weighted by molar-refractivity contribution is 9.10. The fourth-order valence-corrected chi connectivity index (χ4v) is 3.43. The van der Waals surface area contributed by atoms with Gasteiger partial charge in [-0.05, 0) is 36.1 Å². The lowest BCUT2D eigenvalue weighted by molar-refractivity contribution is 0.0699. The van der Waals surface area contributed by atoms with Crippen molar-refractivity contribution in [1.82, 2.24) is 0 Å². The standard InChI is InChI=1S/C13H10BrClO3S/c1-7-4-9(14)5-10(15)11(7)18-6-8-2-3-19-12(8)13(16)17/h2-5H,6H2,1H3,(H,16,17). The molecular formula is C13H10BrClO3S. The highest BCUT2D eigenvalue weighted by Crippen LogP contribution is 2.33. The van der Waals surface area contributed by atoms with Gasteiger partial charge in [0, 0.05) is 10.0 Å². The molecule has 2 rings (SSSR count). The van der Waals surface area contributed by atoms with E-state index in [1.807, 2.05) is 13.0 Å². The third-order valence-electron chi connectivity index (χ3n) is 2.51. The minimum absolute atomic E-state index is 0.188. The van der Waals surface area contributed by atoms with Gasteiger partial charge in [-0.3, -0.25) is 0 Å². The lowest BCUT2D eigenvalue weighted by Crippen LogP contribution is -2.02. The summed E-state index contributed by atoms with van der Waals surface area (Å²) in [6, 6.07) is 5.39. The number of carboxylic acids is 1. The number of rotatable bonds is 4. The number of aryl methyl sites for hydroxylation is 1. The molecule has 1 N–H and O–H groups in total. The molecule has 1 aromatic carbocycles. The maximum absolute atomic E-state index is 11.0. The molecule has 0 spiro atoms. The first-order chi connectivity index (χ1) is 8.99. The van der Waals surface area contributed by atoms with Crippen LogP contribution in [0.3, 0.4) is 0 Å². The third kappa shape index (κ3) is 3.29. The van der Waals surface area contributed by atoms with Gasteiger partial charge in [-0.15, -0.1) is 11.3 Å². The number of hydrogen-bond acceptors (Lipinski definition) is 3. The zero-order valence-corrected chi connectivity index (χ0v) is 13.1. The summed E-state index contributed by atoms with van der Waals surface area (Å²) in [6.45, 7) is 2.07. The molecule has 6 heteroatoms. The molecule has 3 nitrogen and oxygen atoms in total. The summed E-state index contributed by atoms with van der Waals surface area (Å²) in [4.78, 5) is 11.3. The van der Waals surface area contributed by atoms with E-state index in [4.69, 9.17) is 21.4 Å². The molecule has 1 aromatic heterocycles. The lowest BCUT2D eigenvalue weighted by Gasteiger charge is -2.11. The van der Waals surface area contributed by atoms with E-state index in [0.29, 0.717) is 21.2 Å². The molecule has 0 saturated carbocycles. The van der Waals surface area contributed by atoms with Crippen LogP contribution in [0.5, 0.6) is 5.75 Å². The Morgan fingerprint density at radius 3 is 2.89 bits per heavy atom. The fraction of sp³-hybridized carbons (Fsp3) is 0.154. The average molecular weight is 362 g/mol. The molecule has 0 amide bonds. The van der Waals surface area contributed by atoms with Crippen LogP contribution in [0.15, 0.2) is 28.1 Å². The smallest absolute Gasteiger partial charge is 0.346 e. The van der Waals surface area contributed by atoms with Crippen LogP contribution in [-0.4, -0.2) is 11.1 Å². The molecule has 2 aromatic rings. The van der Waals surface area contributed by atoms with Gasteiger partial charge < -0.3 is 9.84 Å². The van der Waals surface area contributed by atoms with Crippen molar-refractivity contribution in [3.05, 3.63) is 49.1 Å². The van der Waals surface area contributed by atoms with Crippen molar-refractivity contribution in [2.75, 3.05) is 0 Å². The largest absolute Gasteiger partial charge is 0.487 e. The maximum atomic E-state index is 11.0. The highest BCUT2D eigenvalue weighted by atomic mass is 79.9. The van der Waals surface area contributed by atoms with Crippen LogP contribution >= 0.6 is 38.9 Å². The van der Waals surface area contributed by atoms with E-state index in [-0.39, 0.29) is 6.61 Å². The highest BCUT2D eigenvalue weighted by Gasteiger charge is 2.13. The van der Waals surface area contributed by atoms with Gasteiger partial charge in [-0.25, -0.2) is 4.79 Å². The summed E-state index contributed by atoms with van der Waals surface area (Å²) in [6.07, 6.45) is 0. The normalized spacial score (nSPS) is 10.5. The molecule has 0 radical (unpaired) electrons. The molecule has 0 aliphatic rings. The molecule has 0 bridgehead atoms. The topological polar surface area (TPSA) is 46.5 Å². The van der Waals surface area contributed by atoms with Crippen molar-refractivity contribution in [3.63, 3.8) is 0 Å². The van der Waals surface area contributed by atoms with Crippen LogP contribution in [0, 0.1) is 6.92 Å². The second-order valence-corrected chi connectivity index (χ2v) is 6.14. The molecule has 19 heavy (non-hydrogen) atoms. The first kappa shape index (κ1) is 14.4. The Morgan fingerprint density at radius 2 is 2.26 bits per heavy atom. The van der Waals surface area contributed by atoms with Gasteiger partial charge in [-0.2, -0.15) is 0 Å². The van der Waals surface area contributed by atoms with Gasteiger partial charge in [0.05, 0.1) is 5.02 Å². The van der Waals surface area contributed by atoms with Crippen molar-refractivity contribution in [1.29, 1.82) is 0 Å². The second-order valence-electron chi connectivity index (χ2n) is 3.90. The van der Waals surface area contributed by atoms with Gasteiger partial charge in [0.15, 0.2) is 0 Å². The van der Waals surface area contributed by atoms with Gasteiger partial charge in [0.25, 0.3) is 0 Å². The van der Waals surface area contributed by atoms with Gasteiger partial charge in [0.1, 0.15) is 17.2 Å². The molecule has 0 aliphatic heterocycles. The molecular weight excluding hydrogens is 352 g/mol. The SMILES string of the molecule is Cc1cc(Br)cc(Cl)c1OCc1ccsc1C(=O)O. The van der Waals surface area contributed by atoms with Crippen LogP contribution in [-0.2, 0) is 6.61 Å². The number of hydrogen-bond donors (Lipinski definition) is 1. The number of halogens is 2. The van der Waals surface area contributed by atoms with E-state index in [1.54, 1.807) is 17.5 Å². The lowest BCUT2D eigenvalue weighted by atomic mass is 10.2. The molecule has 1 heterocycles. The molecule has 0 aliphatic carbocycles. The van der Waals surface area contributed by atoms with Crippen LogP contribution < -0.4 is 4.74 Å². The van der Waals surface area contributed by atoms with Gasteiger partial charge in [-0.1, -0.05) is 27.5 Å². The van der Waals surface area contributed by atoms with Crippen molar-refractivity contribution >= 4 is 44.8 Å². The summed E-state index contributed by atoms with van der Waals surface area (Å²) in [7, 11) is 0. The summed E-state index contributed by atoms with van der Waals surface area (Å²) in [5.74, 6) is -0.361. The van der Waals surface area contributed by atoms with E-state index in [2.05, 4.69) is 15.9 Å². The molecule has 0 saturated heterocycles. The van der Waals surface area contributed by atoms with E-state index in [0.717, 1.165) is 10.0 Å². The first-order valence-corrected chi connectivity index (χ1v) is 7.42. The zero-order chi connectivity index (χ0) is 14.0. The second kappa shape index (κ2) is 5.94. The average Bonchev–Trinajstić information content (AvgIpc) is 2.75. The van der Waals surface area contributed by atoms with Crippen molar-refractivity contribution in [2.24, 2.45) is 0 Å². The number of thiophene rings is 1. The van der Waals surface area contributed by atoms with E-state index in [9.17, 15) is 4.79 Å². The summed E-state index contributed by atoms with van der Waals surface area (Å²) < 4.78 is 6.53. The summed E-state index contributed by atoms with van der Waals surface area (Å²) >= 11 is 10.6. The molecule has 0 fully saturated rings. The minimum atomic E-state index is -0.938. The predicted octanol–water partition coefficient (Wildman–Crippen LogP) is 4.75. The zero-order valence-electron chi connectivity index (χ0n) is 9.94. The first-order valence-electron chi connectivity index (χ1n) is 5.37. The molecule has 0 atom stereocenters. The summed E-state index contributed by atoms with van der Waals surface area (Å²) in [5.41, 5.74) is 1.54. The Morgan fingerprint density at radius 1 is 1.53 bits per heavy atom. The van der Waals surface area contributed by atoms with Crippen LogP contribution in [0.2, 0.25) is 5.02 Å². The number of aromatic carboxylic acids is 1. The Balaban J connectivity index is 2.19. The van der Waals surface area contributed by atoms with Crippen LogP contribution in [0.1, 0.15) is 20.8 Å². The molecule has 100 valence electrons. The number of benzene rings is 1. The fourth-order valence-electron chi connectivity index (χ4n) is 1.66. The maximum Gasteiger partial charge on any atom is 0.346 e. The van der Waals surface area contributed by atoms with Crippen LogP contribution in [0.25, 0.3) is 0 Å². The van der Waals surface area contributed by atoms with Crippen molar-refractivity contribution in [3.8, 4) is 5.75 Å². The number of carbonyl (C=O) groups is 1. The molecule has 0 unspecified atom stereocenters. The van der Waals surface area contributed by atoms with Crippen molar-refractivity contribution < 1.29 is 14.6 Å². The quantitative estimate of drug-likeness (QED) is 0.855. The Hall–Kier alpha value is -1.04. The van der Waals surface area contributed by atoms with E-state index in [1.165, 1.54) is 11.3 Å². The third-order valence-corrected chi connectivity index (χ3v) is 4.19. The number of ether oxygens (including phenoxy) is 1. The Bertz CT molecular complexity index is 601. The Labute approximate surface area is 127 Å². The predicted molar refractivity (Wildman–Crippen MR) is 79.5 cm³/mol. The van der Waals surface area contributed by atoms with Crippen molar-refractivity contribution in [2.45, 2.75) is 13.5 Å². The van der Waals surface area contributed by atoms with E-state index < -0.39 is 5.97 Å². The van der Waals surface area contributed by atoms with Crippen LogP contribution in [0.4, 0.5) is 0 Å². The van der Waals surface area contributed by atoms with Gasteiger partial charge >= 0.3 is 5.97 Å². The summed E-state index contributed by atoms with van der Waals surface area (Å²) in [5, 5.41) is 11.3. The monoisotopic (exact) mass is 360 g/mol. The van der Waals surface area contributed by atoms with E-state index >= 15 is 0 Å².